The number of aromatic amines is 1. The number of carbonyl (C=O) groups excluding carboxylic acids is 1. The molecule has 1 aliphatic rings. The number of alkyl halides is 3. The molecular weight excluding hydrogens is 361 g/mol. The number of rotatable bonds is 4. The first-order valence-corrected chi connectivity index (χ1v) is 8.53. The standard InChI is InChI=1S/C19H19F3N2O3/c20-19(21,22)15-3-1-2-14(10-15)18(6-8-27-9-7-18)12-24-17(26)13-4-5-16(25)23-11-13/h1-5,10-11H,6-9,12H2,(H,23,25)(H,24,26). The van der Waals surface area contributed by atoms with E-state index in [-0.39, 0.29) is 17.7 Å². The summed E-state index contributed by atoms with van der Waals surface area (Å²) in [7, 11) is 0. The first kappa shape index (κ1) is 19.2. The molecule has 1 aliphatic heterocycles. The number of H-pyrrole nitrogens is 1. The highest BCUT2D eigenvalue weighted by Crippen LogP contribution is 2.37. The van der Waals surface area contributed by atoms with Gasteiger partial charge in [-0.15, -0.1) is 0 Å². The third-order valence-electron chi connectivity index (χ3n) is 4.89. The molecule has 0 aliphatic carbocycles. The smallest absolute Gasteiger partial charge is 0.381 e. The molecule has 0 atom stereocenters. The van der Waals surface area contributed by atoms with E-state index in [0.29, 0.717) is 31.6 Å². The molecular formula is C19H19F3N2O3. The predicted octanol–water partition coefficient (Wildman–Crippen LogP) is 2.87. The second-order valence-electron chi connectivity index (χ2n) is 6.60. The number of carbonyl (C=O) groups is 1. The van der Waals surface area contributed by atoms with Gasteiger partial charge >= 0.3 is 6.18 Å². The average molecular weight is 380 g/mol. The molecule has 0 radical (unpaired) electrons. The van der Waals surface area contributed by atoms with Gasteiger partial charge in [0.15, 0.2) is 0 Å². The Labute approximate surface area is 153 Å². The highest BCUT2D eigenvalue weighted by molar-refractivity contribution is 5.93. The van der Waals surface area contributed by atoms with E-state index < -0.39 is 23.1 Å². The van der Waals surface area contributed by atoms with Crippen molar-refractivity contribution in [2.45, 2.75) is 24.4 Å². The quantitative estimate of drug-likeness (QED) is 0.857. The van der Waals surface area contributed by atoms with Crippen LogP contribution in [0.15, 0.2) is 47.4 Å². The Balaban J connectivity index is 1.84. The lowest BCUT2D eigenvalue weighted by Gasteiger charge is -2.38. The summed E-state index contributed by atoms with van der Waals surface area (Å²) in [6, 6.07) is 7.87. The fraction of sp³-hybridized carbons (Fsp3) is 0.368. The van der Waals surface area contributed by atoms with Crippen LogP contribution in [0, 0.1) is 0 Å². The minimum absolute atomic E-state index is 0.176. The molecule has 8 heteroatoms. The van der Waals surface area contributed by atoms with E-state index in [9.17, 15) is 22.8 Å². The van der Waals surface area contributed by atoms with Crippen molar-refractivity contribution < 1.29 is 22.7 Å². The molecule has 2 aromatic rings. The Bertz CT molecular complexity index is 850. The monoisotopic (exact) mass is 380 g/mol. The minimum atomic E-state index is -4.43. The molecule has 27 heavy (non-hydrogen) atoms. The molecule has 2 heterocycles. The summed E-state index contributed by atoms with van der Waals surface area (Å²) in [4.78, 5) is 25.9. The van der Waals surface area contributed by atoms with E-state index in [1.165, 1.54) is 24.4 Å². The zero-order valence-electron chi connectivity index (χ0n) is 14.4. The van der Waals surface area contributed by atoms with Crippen LogP contribution < -0.4 is 10.9 Å². The lowest BCUT2D eigenvalue weighted by molar-refractivity contribution is -0.137. The molecule has 1 saturated heterocycles. The van der Waals surface area contributed by atoms with Gasteiger partial charge in [0, 0.05) is 37.4 Å². The van der Waals surface area contributed by atoms with Gasteiger partial charge in [0.2, 0.25) is 5.56 Å². The molecule has 1 amide bonds. The van der Waals surface area contributed by atoms with Crippen molar-refractivity contribution in [3.63, 3.8) is 0 Å². The minimum Gasteiger partial charge on any atom is -0.381 e. The Morgan fingerprint density at radius 1 is 1.19 bits per heavy atom. The molecule has 0 spiro atoms. The van der Waals surface area contributed by atoms with Crippen molar-refractivity contribution in [2.24, 2.45) is 0 Å². The van der Waals surface area contributed by atoms with Crippen molar-refractivity contribution in [3.8, 4) is 0 Å². The van der Waals surface area contributed by atoms with Crippen LogP contribution in [0.25, 0.3) is 0 Å². The summed E-state index contributed by atoms with van der Waals surface area (Å²) in [5, 5.41) is 2.79. The van der Waals surface area contributed by atoms with Crippen LogP contribution in [0.2, 0.25) is 0 Å². The molecule has 3 rings (SSSR count). The Kier molecular flexibility index (Phi) is 5.36. The van der Waals surface area contributed by atoms with Crippen LogP contribution in [0.4, 0.5) is 13.2 Å². The number of hydrogen-bond donors (Lipinski definition) is 2. The van der Waals surface area contributed by atoms with Crippen molar-refractivity contribution in [1.82, 2.24) is 10.3 Å². The van der Waals surface area contributed by atoms with Gasteiger partial charge in [0.1, 0.15) is 0 Å². The van der Waals surface area contributed by atoms with Gasteiger partial charge in [-0.25, -0.2) is 0 Å². The molecule has 0 saturated carbocycles. The van der Waals surface area contributed by atoms with E-state index in [2.05, 4.69) is 10.3 Å². The molecule has 1 aromatic heterocycles. The number of hydrogen-bond acceptors (Lipinski definition) is 3. The highest BCUT2D eigenvalue weighted by Gasteiger charge is 2.37. The number of amides is 1. The van der Waals surface area contributed by atoms with E-state index in [0.717, 1.165) is 12.1 Å². The number of pyridine rings is 1. The van der Waals surface area contributed by atoms with Gasteiger partial charge < -0.3 is 15.0 Å². The second kappa shape index (κ2) is 7.56. The number of nitrogens with one attached hydrogen (secondary N) is 2. The fourth-order valence-corrected chi connectivity index (χ4v) is 3.26. The summed E-state index contributed by atoms with van der Waals surface area (Å²) < 4.78 is 44.7. The van der Waals surface area contributed by atoms with Crippen LogP contribution in [0.1, 0.15) is 34.3 Å². The maximum Gasteiger partial charge on any atom is 0.416 e. The number of aromatic nitrogens is 1. The normalized spacial score (nSPS) is 16.7. The van der Waals surface area contributed by atoms with Gasteiger partial charge in [0.05, 0.1) is 11.1 Å². The number of benzene rings is 1. The molecule has 2 N–H and O–H groups in total. The van der Waals surface area contributed by atoms with Crippen LogP contribution in [-0.2, 0) is 16.3 Å². The van der Waals surface area contributed by atoms with Gasteiger partial charge in [-0.05, 0) is 30.5 Å². The SMILES string of the molecule is O=C(NCC1(c2cccc(C(F)(F)F)c2)CCOCC1)c1ccc(=O)[nH]c1. The molecule has 1 aromatic carbocycles. The van der Waals surface area contributed by atoms with Crippen LogP contribution >= 0.6 is 0 Å². The first-order chi connectivity index (χ1) is 12.8. The molecule has 0 unspecified atom stereocenters. The van der Waals surface area contributed by atoms with E-state index in [1.807, 2.05) is 0 Å². The number of ether oxygens (including phenoxy) is 1. The largest absolute Gasteiger partial charge is 0.416 e. The zero-order chi connectivity index (χ0) is 19.5. The molecule has 0 bridgehead atoms. The Hall–Kier alpha value is -2.61. The summed E-state index contributed by atoms with van der Waals surface area (Å²) in [5.41, 5.74) is -0.866. The predicted molar refractivity (Wildman–Crippen MR) is 92.6 cm³/mol. The lowest BCUT2D eigenvalue weighted by atomic mass is 9.73. The van der Waals surface area contributed by atoms with Crippen LogP contribution in [0.3, 0.4) is 0 Å². The summed E-state index contributed by atoms with van der Waals surface area (Å²) >= 11 is 0. The molecule has 144 valence electrons. The topological polar surface area (TPSA) is 71.2 Å². The zero-order valence-corrected chi connectivity index (χ0v) is 14.4. The summed E-state index contributed by atoms with van der Waals surface area (Å²) in [6.45, 7) is 0.991. The van der Waals surface area contributed by atoms with E-state index in [4.69, 9.17) is 4.74 Å². The summed E-state index contributed by atoms with van der Waals surface area (Å²) in [6.07, 6.45) is -2.12. The lowest BCUT2D eigenvalue weighted by Crippen LogP contribution is -2.44. The van der Waals surface area contributed by atoms with E-state index >= 15 is 0 Å². The average Bonchev–Trinajstić information content (AvgIpc) is 2.67. The van der Waals surface area contributed by atoms with Crippen LogP contribution in [-0.4, -0.2) is 30.6 Å². The maximum absolute atomic E-state index is 13.1. The van der Waals surface area contributed by atoms with Crippen molar-refractivity contribution in [1.29, 1.82) is 0 Å². The van der Waals surface area contributed by atoms with Gasteiger partial charge in [-0.2, -0.15) is 13.2 Å². The van der Waals surface area contributed by atoms with Gasteiger partial charge in [0.25, 0.3) is 5.91 Å². The number of halogens is 3. The maximum atomic E-state index is 13.1. The fourth-order valence-electron chi connectivity index (χ4n) is 3.26. The molecule has 1 fully saturated rings. The second-order valence-corrected chi connectivity index (χ2v) is 6.60. The van der Waals surface area contributed by atoms with Gasteiger partial charge in [-0.1, -0.05) is 18.2 Å². The van der Waals surface area contributed by atoms with E-state index in [1.54, 1.807) is 6.07 Å². The van der Waals surface area contributed by atoms with Crippen molar-refractivity contribution >= 4 is 5.91 Å². The third kappa shape index (κ3) is 4.39. The van der Waals surface area contributed by atoms with Gasteiger partial charge in [-0.3, -0.25) is 9.59 Å². The first-order valence-electron chi connectivity index (χ1n) is 8.53. The highest BCUT2D eigenvalue weighted by atomic mass is 19.4. The summed E-state index contributed by atoms with van der Waals surface area (Å²) in [5.74, 6) is -0.399. The molecule has 5 nitrogen and oxygen atoms in total. The Morgan fingerprint density at radius 3 is 2.56 bits per heavy atom. The van der Waals surface area contributed by atoms with Crippen LogP contribution in [0.5, 0.6) is 0 Å². The Morgan fingerprint density at radius 2 is 1.93 bits per heavy atom. The third-order valence-corrected chi connectivity index (χ3v) is 4.89. The van der Waals surface area contributed by atoms with Crippen molar-refractivity contribution in [2.75, 3.05) is 19.8 Å². The van der Waals surface area contributed by atoms with Crippen molar-refractivity contribution in [3.05, 3.63) is 69.6 Å².